The van der Waals surface area contributed by atoms with Crippen molar-refractivity contribution < 1.29 is 14.3 Å². The lowest BCUT2D eigenvalue weighted by atomic mass is 10.2. The average Bonchev–Trinajstić information content (AvgIpc) is 2.96. The molecule has 0 aliphatic rings. The molecule has 20 heavy (non-hydrogen) atoms. The van der Waals surface area contributed by atoms with Crippen molar-refractivity contribution in [3.8, 4) is 11.8 Å². The van der Waals surface area contributed by atoms with Gasteiger partial charge in [0.2, 0.25) is 0 Å². The van der Waals surface area contributed by atoms with Crippen molar-refractivity contribution in [1.82, 2.24) is 4.98 Å². The maximum absolute atomic E-state index is 13.8. The zero-order chi connectivity index (χ0) is 14.4. The van der Waals surface area contributed by atoms with Crippen LogP contribution in [0.15, 0.2) is 36.5 Å². The van der Waals surface area contributed by atoms with E-state index in [1.54, 1.807) is 24.4 Å². The fourth-order valence-corrected chi connectivity index (χ4v) is 1.58. The van der Waals surface area contributed by atoms with Gasteiger partial charge < -0.3 is 15.4 Å². The molecule has 0 saturated heterocycles. The van der Waals surface area contributed by atoms with Crippen LogP contribution in [0.2, 0.25) is 0 Å². The van der Waals surface area contributed by atoms with E-state index < -0.39 is 11.7 Å². The molecule has 0 bridgehead atoms. The van der Waals surface area contributed by atoms with Gasteiger partial charge >= 0.3 is 0 Å². The predicted octanol–water partition coefficient (Wildman–Crippen LogP) is 2.14. The van der Waals surface area contributed by atoms with Gasteiger partial charge in [0.05, 0.1) is 12.3 Å². The van der Waals surface area contributed by atoms with Gasteiger partial charge in [-0.1, -0.05) is 11.8 Å². The van der Waals surface area contributed by atoms with Gasteiger partial charge in [0, 0.05) is 18.2 Å². The van der Waals surface area contributed by atoms with E-state index in [0.29, 0.717) is 17.7 Å². The number of amides is 1. The molecule has 0 unspecified atom stereocenters. The van der Waals surface area contributed by atoms with Crippen LogP contribution in [0.3, 0.4) is 0 Å². The fourth-order valence-electron chi connectivity index (χ4n) is 1.58. The van der Waals surface area contributed by atoms with Crippen LogP contribution in [-0.4, -0.2) is 22.6 Å². The SMILES string of the molecule is O=C(Nc1ccc(C#CCCO)cc1F)c1ccc[nH]1. The second-order valence-corrected chi connectivity index (χ2v) is 4.01. The van der Waals surface area contributed by atoms with Crippen LogP contribution >= 0.6 is 0 Å². The molecular formula is C15H13FN2O2. The number of aromatic nitrogens is 1. The van der Waals surface area contributed by atoms with E-state index in [0.717, 1.165) is 0 Å². The van der Waals surface area contributed by atoms with Gasteiger partial charge in [-0.2, -0.15) is 0 Å². The molecular weight excluding hydrogens is 259 g/mol. The van der Waals surface area contributed by atoms with E-state index in [4.69, 9.17) is 5.11 Å². The molecule has 0 radical (unpaired) electrons. The van der Waals surface area contributed by atoms with Crippen LogP contribution in [0.5, 0.6) is 0 Å². The maximum Gasteiger partial charge on any atom is 0.272 e. The van der Waals surface area contributed by atoms with E-state index in [1.165, 1.54) is 12.1 Å². The minimum absolute atomic E-state index is 0.0280. The van der Waals surface area contributed by atoms with Gasteiger partial charge in [-0.05, 0) is 30.3 Å². The number of carbonyl (C=O) groups is 1. The number of rotatable bonds is 3. The summed E-state index contributed by atoms with van der Waals surface area (Å²) in [5.74, 6) is 4.46. The first-order valence-corrected chi connectivity index (χ1v) is 6.04. The molecule has 0 aliphatic heterocycles. The standard InChI is InChI=1S/C15H13FN2O2/c16-12-10-11(4-1-2-9-19)6-7-13(12)18-15(20)14-5-3-8-17-14/h3,5-8,10,17,19H,2,9H2,(H,18,20). The highest BCUT2D eigenvalue weighted by atomic mass is 19.1. The molecule has 1 aromatic heterocycles. The first kappa shape index (κ1) is 13.8. The number of nitrogens with one attached hydrogen (secondary N) is 2. The number of halogens is 1. The Kier molecular flexibility index (Phi) is 4.53. The first-order chi connectivity index (χ1) is 9.70. The van der Waals surface area contributed by atoms with Gasteiger partial charge in [0.15, 0.2) is 0 Å². The molecule has 0 aliphatic carbocycles. The zero-order valence-electron chi connectivity index (χ0n) is 10.6. The Balaban J connectivity index is 2.11. The Morgan fingerprint density at radius 1 is 1.40 bits per heavy atom. The molecule has 5 heteroatoms. The van der Waals surface area contributed by atoms with Crippen LogP contribution in [0.25, 0.3) is 0 Å². The third-order valence-corrected chi connectivity index (χ3v) is 2.53. The quantitative estimate of drug-likeness (QED) is 0.749. The van der Waals surface area contributed by atoms with Crippen LogP contribution in [-0.2, 0) is 0 Å². The van der Waals surface area contributed by atoms with E-state index in [9.17, 15) is 9.18 Å². The van der Waals surface area contributed by atoms with Crippen molar-refractivity contribution in [2.24, 2.45) is 0 Å². The largest absolute Gasteiger partial charge is 0.395 e. The van der Waals surface area contributed by atoms with Crippen LogP contribution in [0.4, 0.5) is 10.1 Å². The molecule has 3 N–H and O–H groups in total. The molecule has 1 heterocycles. The summed E-state index contributed by atoms with van der Waals surface area (Å²) < 4.78 is 13.8. The molecule has 4 nitrogen and oxygen atoms in total. The third-order valence-electron chi connectivity index (χ3n) is 2.53. The summed E-state index contributed by atoms with van der Waals surface area (Å²) in [6.45, 7) is -0.0280. The Bertz CT molecular complexity index is 654. The minimum atomic E-state index is -0.555. The minimum Gasteiger partial charge on any atom is -0.395 e. The van der Waals surface area contributed by atoms with E-state index in [2.05, 4.69) is 22.1 Å². The van der Waals surface area contributed by atoms with Crippen LogP contribution < -0.4 is 5.32 Å². The van der Waals surface area contributed by atoms with Crippen molar-refractivity contribution in [3.63, 3.8) is 0 Å². The summed E-state index contributed by atoms with van der Waals surface area (Å²) in [5, 5.41) is 11.1. The predicted molar refractivity (Wildman–Crippen MR) is 73.7 cm³/mol. The fraction of sp³-hybridized carbons (Fsp3) is 0.133. The number of hydrogen-bond donors (Lipinski definition) is 3. The number of hydrogen-bond acceptors (Lipinski definition) is 2. The van der Waals surface area contributed by atoms with Crippen molar-refractivity contribution in [1.29, 1.82) is 0 Å². The highest BCUT2D eigenvalue weighted by Crippen LogP contribution is 2.16. The molecule has 0 fully saturated rings. The number of benzene rings is 1. The molecule has 2 rings (SSSR count). The van der Waals surface area contributed by atoms with Crippen molar-refractivity contribution in [3.05, 3.63) is 53.6 Å². The first-order valence-electron chi connectivity index (χ1n) is 6.04. The highest BCUT2D eigenvalue weighted by molar-refractivity contribution is 6.03. The van der Waals surface area contributed by atoms with E-state index in [-0.39, 0.29) is 12.3 Å². The molecule has 102 valence electrons. The third kappa shape index (κ3) is 3.46. The maximum atomic E-state index is 13.8. The normalized spacial score (nSPS) is 9.70. The number of aromatic amines is 1. The Labute approximate surface area is 115 Å². The van der Waals surface area contributed by atoms with Crippen molar-refractivity contribution >= 4 is 11.6 Å². The number of H-pyrrole nitrogens is 1. The summed E-state index contributed by atoms with van der Waals surface area (Å²) in [6, 6.07) is 7.60. The Morgan fingerprint density at radius 2 is 2.25 bits per heavy atom. The van der Waals surface area contributed by atoms with E-state index >= 15 is 0 Å². The Morgan fingerprint density at radius 3 is 2.90 bits per heavy atom. The summed E-state index contributed by atoms with van der Waals surface area (Å²) in [7, 11) is 0. The number of aliphatic hydroxyl groups excluding tert-OH is 1. The van der Waals surface area contributed by atoms with Gasteiger partial charge in [-0.15, -0.1) is 0 Å². The smallest absolute Gasteiger partial charge is 0.272 e. The van der Waals surface area contributed by atoms with Gasteiger partial charge in [-0.25, -0.2) is 4.39 Å². The van der Waals surface area contributed by atoms with Crippen LogP contribution in [0, 0.1) is 17.7 Å². The van der Waals surface area contributed by atoms with Gasteiger partial charge in [-0.3, -0.25) is 4.79 Å². The molecule has 0 atom stereocenters. The Hall–Kier alpha value is -2.58. The summed E-state index contributed by atoms with van der Waals surface area (Å²) in [4.78, 5) is 14.5. The molecule has 2 aromatic rings. The second-order valence-electron chi connectivity index (χ2n) is 4.01. The molecule has 1 amide bonds. The lowest BCUT2D eigenvalue weighted by Gasteiger charge is -2.05. The molecule has 0 saturated carbocycles. The zero-order valence-corrected chi connectivity index (χ0v) is 10.6. The topological polar surface area (TPSA) is 65.1 Å². The lowest BCUT2D eigenvalue weighted by molar-refractivity contribution is 0.102. The van der Waals surface area contributed by atoms with Crippen molar-refractivity contribution in [2.75, 3.05) is 11.9 Å². The van der Waals surface area contributed by atoms with Crippen LogP contribution in [0.1, 0.15) is 22.5 Å². The number of anilines is 1. The second kappa shape index (κ2) is 6.55. The summed E-state index contributed by atoms with van der Waals surface area (Å²) in [5.41, 5.74) is 0.947. The summed E-state index contributed by atoms with van der Waals surface area (Å²) in [6.07, 6.45) is 1.96. The van der Waals surface area contributed by atoms with E-state index in [1.807, 2.05) is 0 Å². The number of aliphatic hydroxyl groups is 1. The van der Waals surface area contributed by atoms with Crippen molar-refractivity contribution in [2.45, 2.75) is 6.42 Å². The molecule has 0 spiro atoms. The summed E-state index contributed by atoms with van der Waals surface area (Å²) >= 11 is 0. The van der Waals surface area contributed by atoms with Gasteiger partial charge in [0.25, 0.3) is 5.91 Å². The monoisotopic (exact) mass is 272 g/mol. The lowest BCUT2D eigenvalue weighted by Crippen LogP contribution is -2.13. The van der Waals surface area contributed by atoms with Gasteiger partial charge in [0.1, 0.15) is 11.5 Å². The average molecular weight is 272 g/mol. The molecule has 1 aromatic carbocycles. The number of carbonyl (C=O) groups excluding carboxylic acids is 1. The highest BCUT2D eigenvalue weighted by Gasteiger charge is 2.09.